The molecule has 0 aromatic heterocycles. The standard InChI is InChI=1S/C19H17F6NO2.C12H15F2NO2.C8H4F4O.CH4/c20-14-8-6-13(7-9-14)16(19(23,24)25)26-15(17(27)28)11-18(21,22)10-12-4-2-1-3-5-12;1-17-11(16)10(15)8-12(13,14)7-9-5-3-2-4-6-9;9-6-3-1-5(2-4-6)7(13)8(10,11)12;/h1-9,15-16,26H,10-11H2,(H,27,28);2-6,10H,7-8,15H2,1H3;1-4H;1H4/t15-,16-;10-;;/m00../s1. The number of ketones is 1. The Morgan fingerprint density at radius 3 is 1.44 bits per heavy atom. The zero-order chi connectivity index (χ0) is 43.9. The zero-order valence-electron chi connectivity index (χ0n) is 30.1. The van der Waals surface area contributed by atoms with E-state index in [0.717, 1.165) is 55.6 Å². The van der Waals surface area contributed by atoms with E-state index in [-0.39, 0.29) is 13.0 Å². The maximum atomic E-state index is 14.3. The summed E-state index contributed by atoms with van der Waals surface area (Å²) in [5, 5.41) is 10.9. The molecule has 0 aliphatic heterocycles. The minimum atomic E-state index is -4.97. The number of aliphatic carboxylic acids is 1. The molecular formula is C40H40F12N2O5. The summed E-state index contributed by atoms with van der Waals surface area (Å²) in [4.78, 5) is 32.8. The number of hydrogen-bond donors (Lipinski definition) is 3. The first-order chi connectivity index (χ1) is 26.8. The van der Waals surface area contributed by atoms with Crippen LogP contribution in [0.3, 0.4) is 0 Å². The van der Waals surface area contributed by atoms with Crippen molar-refractivity contribution in [2.45, 2.75) is 75.4 Å². The van der Waals surface area contributed by atoms with Gasteiger partial charge in [-0.15, -0.1) is 0 Å². The fourth-order valence-corrected chi connectivity index (χ4v) is 5.01. The van der Waals surface area contributed by atoms with Crippen molar-refractivity contribution in [2.24, 2.45) is 5.73 Å². The number of benzene rings is 4. The van der Waals surface area contributed by atoms with Crippen LogP contribution in [0.25, 0.3) is 0 Å². The van der Waals surface area contributed by atoms with Crippen molar-refractivity contribution < 1.29 is 76.9 Å². The van der Waals surface area contributed by atoms with Gasteiger partial charge in [0.15, 0.2) is 0 Å². The van der Waals surface area contributed by atoms with E-state index < -0.39 is 108 Å². The van der Waals surface area contributed by atoms with E-state index in [4.69, 9.17) is 5.73 Å². The lowest BCUT2D eigenvalue weighted by molar-refractivity contribution is -0.166. The summed E-state index contributed by atoms with van der Waals surface area (Å²) < 4.78 is 161. The first-order valence-corrected chi connectivity index (χ1v) is 16.7. The van der Waals surface area contributed by atoms with Crippen LogP contribution in [0.2, 0.25) is 0 Å². The molecular weight excluding hydrogens is 816 g/mol. The number of nitrogens with two attached hydrogens (primary N) is 1. The van der Waals surface area contributed by atoms with E-state index in [0.29, 0.717) is 5.56 Å². The Bertz CT molecular complexity index is 1880. The van der Waals surface area contributed by atoms with Crippen LogP contribution in [-0.4, -0.2) is 66.2 Å². The number of halogens is 12. The Labute approximate surface area is 331 Å². The van der Waals surface area contributed by atoms with E-state index in [9.17, 15) is 72.2 Å². The third kappa shape index (κ3) is 18.8. The average molecular weight is 857 g/mol. The fraction of sp³-hybridized carbons (Fsp3) is 0.325. The largest absolute Gasteiger partial charge is 0.480 e. The fourth-order valence-electron chi connectivity index (χ4n) is 5.01. The number of alkyl halides is 10. The van der Waals surface area contributed by atoms with Gasteiger partial charge in [-0.25, -0.2) is 26.3 Å². The van der Waals surface area contributed by atoms with Gasteiger partial charge in [0, 0.05) is 31.2 Å². The molecule has 0 saturated heterocycles. The highest BCUT2D eigenvalue weighted by atomic mass is 19.4. The number of hydrogen-bond acceptors (Lipinski definition) is 6. The van der Waals surface area contributed by atoms with E-state index >= 15 is 0 Å². The van der Waals surface area contributed by atoms with Gasteiger partial charge >= 0.3 is 24.3 Å². The molecule has 3 atom stereocenters. The maximum Gasteiger partial charge on any atom is 0.454 e. The Hall–Kier alpha value is -5.43. The highest BCUT2D eigenvalue weighted by Crippen LogP contribution is 2.35. The van der Waals surface area contributed by atoms with E-state index in [1.165, 1.54) is 24.3 Å². The highest BCUT2D eigenvalue weighted by Gasteiger charge is 2.45. The van der Waals surface area contributed by atoms with Crippen molar-refractivity contribution in [2.75, 3.05) is 7.11 Å². The number of carboxylic acids is 1. The summed E-state index contributed by atoms with van der Waals surface area (Å²) in [6, 6.07) is 16.2. The lowest BCUT2D eigenvalue weighted by atomic mass is 9.98. The molecule has 19 heteroatoms. The van der Waals surface area contributed by atoms with Crippen molar-refractivity contribution >= 4 is 17.7 Å². The van der Waals surface area contributed by atoms with Crippen LogP contribution in [0.15, 0.2) is 109 Å². The molecule has 0 heterocycles. The average Bonchev–Trinajstić information content (AvgIpc) is 3.13. The third-order valence-electron chi connectivity index (χ3n) is 7.70. The topological polar surface area (TPSA) is 119 Å². The number of nitrogens with one attached hydrogen (secondary N) is 1. The summed E-state index contributed by atoms with van der Waals surface area (Å²) in [6.07, 6.45) is -13.2. The van der Waals surface area contributed by atoms with E-state index in [1.54, 1.807) is 41.7 Å². The van der Waals surface area contributed by atoms with Crippen LogP contribution < -0.4 is 11.1 Å². The summed E-state index contributed by atoms with van der Waals surface area (Å²) in [5.41, 5.74) is 5.01. The van der Waals surface area contributed by atoms with Crippen LogP contribution in [0.4, 0.5) is 52.7 Å². The molecule has 0 unspecified atom stereocenters. The SMILES string of the molecule is C.COC(=O)[C@@H](N)CC(F)(F)Cc1ccccc1.O=C(O)[C@H](CC(F)(F)Cc1ccccc1)N[C@@H](c1ccc(F)cc1)C(F)(F)F.O=C(c1ccc(F)cc1)C(F)(F)F. The molecule has 0 fully saturated rings. The Morgan fingerprint density at radius 1 is 0.661 bits per heavy atom. The molecule has 0 radical (unpaired) electrons. The predicted molar refractivity (Wildman–Crippen MR) is 193 cm³/mol. The minimum Gasteiger partial charge on any atom is -0.480 e. The van der Waals surface area contributed by atoms with Gasteiger partial charge in [0.1, 0.15) is 29.8 Å². The molecule has 4 aromatic carbocycles. The number of rotatable bonds is 14. The van der Waals surface area contributed by atoms with Crippen molar-refractivity contribution in [3.8, 4) is 0 Å². The van der Waals surface area contributed by atoms with Gasteiger partial charge in [-0.1, -0.05) is 80.2 Å². The van der Waals surface area contributed by atoms with Crippen molar-refractivity contribution in [1.29, 1.82) is 0 Å². The number of ether oxygens (including phenoxy) is 1. The molecule has 0 saturated carbocycles. The van der Waals surface area contributed by atoms with Crippen molar-refractivity contribution in [3.63, 3.8) is 0 Å². The van der Waals surface area contributed by atoms with E-state index in [2.05, 4.69) is 4.74 Å². The molecule has 4 N–H and O–H groups in total. The summed E-state index contributed by atoms with van der Waals surface area (Å²) in [5.74, 6) is -12.7. The number of Topliss-reactive ketones (excluding diaryl/α,β-unsaturated/α-hetero) is 1. The maximum absolute atomic E-state index is 14.3. The van der Waals surface area contributed by atoms with Gasteiger partial charge in [-0.3, -0.25) is 19.7 Å². The Kier molecular flexibility index (Phi) is 19.8. The number of carboxylic acid groups (broad SMARTS) is 1. The second-order valence-corrected chi connectivity index (χ2v) is 12.5. The van der Waals surface area contributed by atoms with E-state index in [1.807, 2.05) is 0 Å². The first kappa shape index (κ1) is 51.6. The zero-order valence-corrected chi connectivity index (χ0v) is 30.1. The normalized spacial score (nSPS) is 13.2. The molecule has 0 spiro atoms. The first-order valence-electron chi connectivity index (χ1n) is 16.7. The monoisotopic (exact) mass is 856 g/mol. The van der Waals surface area contributed by atoms with Gasteiger partial charge in [-0.05, 0) is 53.1 Å². The smallest absolute Gasteiger partial charge is 0.454 e. The molecule has 7 nitrogen and oxygen atoms in total. The van der Waals surface area contributed by atoms with Gasteiger partial charge < -0.3 is 15.6 Å². The quantitative estimate of drug-likeness (QED) is 0.0657. The number of carbonyl (C=O) groups excluding carboxylic acids is 2. The molecule has 0 bridgehead atoms. The predicted octanol–water partition coefficient (Wildman–Crippen LogP) is 9.70. The lowest BCUT2D eigenvalue weighted by Crippen LogP contribution is -2.47. The van der Waals surface area contributed by atoms with Crippen LogP contribution in [0, 0.1) is 11.6 Å². The van der Waals surface area contributed by atoms with Gasteiger partial charge in [0.05, 0.1) is 7.11 Å². The summed E-state index contributed by atoms with van der Waals surface area (Å²) in [7, 11) is 1.12. The second kappa shape index (κ2) is 22.6. The van der Waals surface area contributed by atoms with Gasteiger partial charge in [0.2, 0.25) is 0 Å². The summed E-state index contributed by atoms with van der Waals surface area (Å²) in [6.45, 7) is 0. The molecule has 0 aliphatic rings. The summed E-state index contributed by atoms with van der Waals surface area (Å²) >= 11 is 0. The third-order valence-corrected chi connectivity index (χ3v) is 7.70. The lowest BCUT2D eigenvalue weighted by Gasteiger charge is -2.28. The highest BCUT2D eigenvalue weighted by molar-refractivity contribution is 6.00. The molecule has 0 aliphatic carbocycles. The Balaban J connectivity index is 0.000000479. The number of carbonyl (C=O) groups is 3. The van der Waals surface area contributed by atoms with Crippen molar-refractivity contribution in [3.05, 3.63) is 143 Å². The molecule has 0 amide bonds. The molecule has 4 aromatic rings. The molecule has 324 valence electrons. The van der Waals surface area contributed by atoms with Gasteiger partial charge in [0.25, 0.3) is 17.6 Å². The van der Waals surface area contributed by atoms with Crippen LogP contribution in [0.5, 0.6) is 0 Å². The molecule has 4 rings (SSSR count). The molecule has 59 heavy (non-hydrogen) atoms. The Morgan fingerprint density at radius 2 is 1.07 bits per heavy atom. The number of methoxy groups -OCH3 is 1. The van der Waals surface area contributed by atoms with Crippen LogP contribution in [-0.2, 0) is 27.2 Å². The van der Waals surface area contributed by atoms with Crippen molar-refractivity contribution in [1.82, 2.24) is 5.32 Å². The second-order valence-electron chi connectivity index (χ2n) is 12.5. The van der Waals surface area contributed by atoms with Crippen LogP contribution in [0.1, 0.15) is 53.4 Å². The van der Waals surface area contributed by atoms with Gasteiger partial charge in [-0.2, -0.15) is 26.3 Å². The number of esters is 1. The van der Waals surface area contributed by atoms with Crippen LogP contribution >= 0.6 is 0 Å². The minimum absolute atomic E-state index is 0.